The summed E-state index contributed by atoms with van der Waals surface area (Å²) >= 11 is 0. The lowest BCUT2D eigenvalue weighted by atomic mass is 9.79. The number of benzene rings is 1. The van der Waals surface area contributed by atoms with Gasteiger partial charge in [-0.1, -0.05) is 30.3 Å². The average Bonchev–Trinajstić information content (AvgIpc) is 2.91. The Bertz CT molecular complexity index is 581. The third-order valence-corrected chi connectivity index (χ3v) is 5.14. The van der Waals surface area contributed by atoms with Crippen molar-refractivity contribution in [1.82, 2.24) is 4.90 Å². The largest absolute Gasteiger partial charge is 0.303 e. The molecular formula is C17H23ClN3O+. The minimum atomic E-state index is -0.279. The van der Waals surface area contributed by atoms with Crippen LogP contribution in [0.3, 0.4) is 0 Å². The smallest absolute Gasteiger partial charge is 0.166 e. The topological polar surface area (TPSA) is 35.8 Å². The SMILES string of the molecule is Cl.O[N+]1(CC2CN3CCC2CC3)C=C(c2ccccc2)C=N1. The van der Waals surface area contributed by atoms with Gasteiger partial charge in [0, 0.05) is 12.5 Å². The summed E-state index contributed by atoms with van der Waals surface area (Å²) in [5.41, 5.74) is 2.13. The van der Waals surface area contributed by atoms with E-state index in [2.05, 4.69) is 22.1 Å². The molecule has 1 aromatic carbocycles. The predicted molar refractivity (Wildman–Crippen MR) is 89.7 cm³/mol. The number of allylic oxidation sites excluding steroid dienone is 1. The number of hydrogen-bond acceptors (Lipinski definition) is 3. The number of fused-ring (bicyclic) bond motifs is 3. The van der Waals surface area contributed by atoms with Gasteiger partial charge in [0.25, 0.3) is 0 Å². The summed E-state index contributed by atoms with van der Waals surface area (Å²) in [5, 5.41) is 15.1. The molecule has 0 aliphatic carbocycles. The maximum Gasteiger partial charge on any atom is 0.166 e. The molecule has 3 fully saturated rings. The third-order valence-electron chi connectivity index (χ3n) is 5.14. The molecule has 4 aliphatic heterocycles. The van der Waals surface area contributed by atoms with Crippen LogP contribution in [0.25, 0.3) is 5.57 Å². The van der Waals surface area contributed by atoms with Gasteiger partial charge in [-0.2, -0.15) is 5.21 Å². The van der Waals surface area contributed by atoms with E-state index in [4.69, 9.17) is 0 Å². The molecule has 5 rings (SSSR count). The molecule has 0 amide bonds. The summed E-state index contributed by atoms with van der Waals surface area (Å²) in [6.45, 7) is 4.30. The highest BCUT2D eigenvalue weighted by Crippen LogP contribution is 2.35. The molecule has 3 saturated heterocycles. The number of quaternary nitrogens is 1. The van der Waals surface area contributed by atoms with E-state index in [1.807, 2.05) is 24.4 Å². The summed E-state index contributed by atoms with van der Waals surface area (Å²) in [7, 11) is 0. The van der Waals surface area contributed by atoms with Crippen LogP contribution in [-0.2, 0) is 0 Å². The number of nitrogens with zero attached hydrogens (tertiary/aromatic N) is 3. The number of hydrogen-bond donors (Lipinski definition) is 1. The minimum absolute atomic E-state index is 0. The Kier molecular flexibility index (Phi) is 4.37. The second-order valence-electron chi connectivity index (χ2n) is 6.56. The molecular weight excluding hydrogens is 298 g/mol. The lowest BCUT2D eigenvalue weighted by Crippen LogP contribution is -2.52. The van der Waals surface area contributed by atoms with Crippen molar-refractivity contribution in [3.8, 4) is 0 Å². The van der Waals surface area contributed by atoms with Gasteiger partial charge >= 0.3 is 0 Å². The van der Waals surface area contributed by atoms with Gasteiger partial charge in [-0.15, -0.1) is 12.4 Å². The summed E-state index contributed by atoms with van der Waals surface area (Å²) < 4.78 is -0.279. The van der Waals surface area contributed by atoms with E-state index < -0.39 is 0 Å². The number of hydroxylamine groups is 2. The van der Waals surface area contributed by atoms with Crippen molar-refractivity contribution in [3.63, 3.8) is 0 Å². The van der Waals surface area contributed by atoms with Gasteiger partial charge in [-0.05, 0) is 47.3 Å². The molecule has 4 heterocycles. The van der Waals surface area contributed by atoms with Crippen molar-refractivity contribution in [2.24, 2.45) is 16.9 Å². The van der Waals surface area contributed by atoms with Gasteiger partial charge in [0.1, 0.15) is 12.8 Å². The normalized spacial score (nSPS) is 36.0. The molecule has 2 unspecified atom stereocenters. The Labute approximate surface area is 137 Å². The second kappa shape index (κ2) is 6.13. The molecule has 0 spiro atoms. The van der Waals surface area contributed by atoms with Crippen molar-refractivity contribution in [1.29, 1.82) is 0 Å². The first-order valence-electron chi connectivity index (χ1n) is 7.89. The van der Waals surface area contributed by atoms with E-state index >= 15 is 0 Å². The van der Waals surface area contributed by atoms with Crippen molar-refractivity contribution in [3.05, 3.63) is 42.1 Å². The summed E-state index contributed by atoms with van der Waals surface area (Å²) in [6, 6.07) is 10.2. The molecule has 2 bridgehead atoms. The van der Waals surface area contributed by atoms with Crippen LogP contribution >= 0.6 is 12.4 Å². The van der Waals surface area contributed by atoms with Gasteiger partial charge < -0.3 is 4.90 Å². The van der Waals surface area contributed by atoms with Crippen LogP contribution in [0, 0.1) is 11.8 Å². The molecule has 2 atom stereocenters. The van der Waals surface area contributed by atoms with Gasteiger partial charge in [0.15, 0.2) is 6.20 Å². The van der Waals surface area contributed by atoms with Gasteiger partial charge in [0.2, 0.25) is 0 Å². The van der Waals surface area contributed by atoms with E-state index in [0.29, 0.717) is 12.5 Å². The van der Waals surface area contributed by atoms with Crippen LogP contribution in [0.2, 0.25) is 0 Å². The molecule has 22 heavy (non-hydrogen) atoms. The highest BCUT2D eigenvalue weighted by atomic mass is 35.5. The molecule has 0 aromatic heterocycles. The number of rotatable bonds is 3. The molecule has 0 radical (unpaired) electrons. The van der Waals surface area contributed by atoms with E-state index in [1.54, 1.807) is 6.21 Å². The first-order chi connectivity index (χ1) is 10.2. The average molecular weight is 321 g/mol. The molecule has 1 N–H and O–H groups in total. The van der Waals surface area contributed by atoms with E-state index in [0.717, 1.165) is 23.6 Å². The van der Waals surface area contributed by atoms with Gasteiger partial charge in [-0.25, -0.2) is 0 Å². The van der Waals surface area contributed by atoms with Crippen LogP contribution in [0.15, 0.2) is 41.6 Å². The van der Waals surface area contributed by atoms with Crippen LogP contribution in [0.4, 0.5) is 0 Å². The number of halogens is 1. The minimum Gasteiger partial charge on any atom is -0.303 e. The fourth-order valence-corrected chi connectivity index (χ4v) is 3.97. The third kappa shape index (κ3) is 2.97. The van der Waals surface area contributed by atoms with E-state index in [9.17, 15) is 5.21 Å². The predicted octanol–water partition coefficient (Wildman–Crippen LogP) is 3.00. The molecule has 118 valence electrons. The van der Waals surface area contributed by atoms with Gasteiger partial charge in [0.05, 0.1) is 5.57 Å². The van der Waals surface area contributed by atoms with E-state index in [-0.39, 0.29) is 17.2 Å². The Hall–Kier alpha value is -1.20. The van der Waals surface area contributed by atoms with E-state index in [1.165, 1.54) is 25.9 Å². The zero-order valence-electron chi connectivity index (χ0n) is 12.6. The van der Waals surface area contributed by atoms with Crippen LogP contribution < -0.4 is 0 Å². The summed E-state index contributed by atoms with van der Waals surface area (Å²) in [5.74, 6) is 1.32. The van der Waals surface area contributed by atoms with Crippen LogP contribution in [0.1, 0.15) is 18.4 Å². The Morgan fingerprint density at radius 1 is 1.18 bits per heavy atom. The molecule has 1 aromatic rings. The lowest BCUT2D eigenvalue weighted by Gasteiger charge is -2.44. The summed E-state index contributed by atoms with van der Waals surface area (Å²) in [6.07, 6.45) is 6.25. The first kappa shape index (κ1) is 15.7. The molecule has 4 nitrogen and oxygen atoms in total. The lowest BCUT2D eigenvalue weighted by molar-refractivity contribution is -1.07. The quantitative estimate of drug-likeness (QED) is 0.869. The highest BCUT2D eigenvalue weighted by molar-refractivity contribution is 6.10. The standard InChI is InChI=1S/C17H22N3O.ClH/c21-20(13-17-11-19-8-6-15(17)7-9-19)12-16(10-18-20)14-4-2-1-3-5-14;/h1-5,10,12,15,17,21H,6-9,11,13H2;1H/q+1;. The van der Waals surface area contributed by atoms with Crippen LogP contribution in [-0.4, -0.2) is 47.3 Å². The fraction of sp³-hybridized carbons (Fsp3) is 0.471. The maximum absolute atomic E-state index is 10.7. The van der Waals surface area contributed by atoms with Crippen molar-refractivity contribution in [2.75, 3.05) is 26.2 Å². The molecule has 4 aliphatic rings. The zero-order chi connectivity index (χ0) is 14.3. The molecule has 0 saturated carbocycles. The van der Waals surface area contributed by atoms with Crippen LogP contribution in [0.5, 0.6) is 0 Å². The first-order valence-corrected chi connectivity index (χ1v) is 7.89. The summed E-state index contributed by atoms with van der Waals surface area (Å²) in [4.78, 5) is 2.53. The second-order valence-corrected chi connectivity index (χ2v) is 6.56. The number of piperidine rings is 3. The monoisotopic (exact) mass is 320 g/mol. The fourth-order valence-electron chi connectivity index (χ4n) is 3.97. The van der Waals surface area contributed by atoms with Crippen molar-refractivity contribution < 1.29 is 9.96 Å². The molecule has 5 heteroatoms. The van der Waals surface area contributed by atoms with Crippen molar-refractivity contribution >= 4 is 24.2 Å². The van der Waals surface area contributed by atoms with Gasteiger partial charge in [-0.3, -0.25) is 0 Å². The van der Waals surface area contributed by atoms with Crippen molar-refractivity contribution in [2.45, 2.75) is 12.8 Å². The highest BCUT2D eigenvalue weighted by Gasteiger charge is 2.41. The Morgan fingerprint density at radius 2 is 1.91 bits per heavy atom. The zero-order valence-corrected chi connectivity index (χ0v) is 13.5. The Morgan fingerprint density at radius 3 is 2.55 bits per heavy atom. The maximum atomic E-state index is 10.7. The Balaban J connectivity index is 0.00000144.